The highest BCUT2D eigenvalue weighted by Crippen LogP contribution is 1.95. The second-order valence-electron chi connectivity index (χ2n) is 3.31. The third kappa shape index (κ3) is 6.71. The lowest BCUT2D eigenvalue weighted by atomic mass is 10.2. The van der Waals surface area contributed by atoms with Crippen molar-refractivity contribution in [1.29, 1.82) is 0 Å². The monoisotopic (exact) mass is 201 g/mol. The van der Waals surface area contributed by atoms with E-state index >= 15 is 0 Å². The zero-order chi connectivity index (χ0) is 10.8. The molecule has 4 heteroatoms. The van der Waals surface area contributed by atoms with Crippen LogP contribution in [-0.2, 0) is 4.74 Å². The van der Waals surface area contributed by atoms with E-state index in [4.69, 9.17) is 4.74 Å². The number of hydrogen-bond acceptors (Lipinski definition) is 2. The maximum atomic E-state index is 5.05. The van der Waals surface area contributed by atoms with Crippen LogP contribution < -0.4 is 10.6 Å². The highest BCUT2D eigenvalue weighted by molar-refractivity contribution is 5.79. The number of aliphatic imine (C=N–C) groups is 1. The number of methoxy groups -OCH3 is 1. The van der Waals surface area contributed by atoms with Gasteiger partial charge in [-0.05, 0) is 19.8 Å². The number of hydrogen-bond donors (Lipinski definition) is 2. The standard InChI is InChI=1S/C10H23N3O/c1-5-11-10(12-6-2)13-7-9(3)8-14-4/h9H,5-8H2,1-4H3,(H2,11,12,13)/t9-/m1/s1. The lowest BCUT2D eigenvalue weighted by molar-refractivity contribution is 0.163. The molecule has 0 aromatic heterocycles. The summed E-state index contributed by atoms with van der Waals surface area (Å²) in [4.78, 5) is 4.44. The van der Waals surface area contributed by atoms with Gasteiger partial charge in [0.25, 0.3) is 0 Å². The number of ether oxygens (including phenoxy) is 1. The Balaban J connectivity index is 3.87. The van der Waals surface area contributed by atoms with Crippen LogP contribution in [0, 0.1) is 5.92 Å². The van der Waals surface area contributed by atoms with E-state index in [2.05, 4.69) is 36.4 Å². The van der Waals surface area contributed by atoms with Crippen LogP contribution in [-0.4, -0.2) is 39.3 Å². The second-order valence-corrected chi connectivity index (χ2v) is 3.31. The van der Waals surface area contributed by atoms with Crippen LogP contribution in [0.15, 0.2) is 4.99 Å². The summed E-state index contributed by atoms with van der Waals surface area (Å²) >= 11 is 0. The zero-order valence-electron chi connectivity index (χ0n) is 9.76. The molecule has 1 atom stereocenters. The van der Waals surface area contributed by atoms with Crippen LogP contribution in [0.5, 0.6) is 0 Å². The first-order valence-corrected chi connectivity index (χ1v) is 5.25. The lowest BCUT2D eigenvalue weighted by Gasteiger charge is -2.11. The summed E-state index contributed by atoms with van der Waals surface area (Å²) in [6.07, 6.45) is 0. The molecule has 0 aliphatic heterocycles. The maximum absolute atomic E-state index is 5.05. The Morgan fingerprint density at radius 3 is 2.29 bits per heavy atom. The van der Waals surface area contributed by atoms with Crippen molar-refractivity contribution in [3.8, 4) is 0 Å². The van der Waals surface area contributed by atoms with E-state index in [-0.39, 0.29) is 0 Å². The first kappa shape index (κ1) is 13.2. The van der Waals surface area contributed by atoms with Crippen molar-refractivity contribution >= 4 is 5.96 Å². The SMILES string of the molecule is CCNC(=NC[C@@H](C)COC)NCC. The lowest BCUT2D eigenvalue weighted by Crippen LogP contribution is -2.37. The average molecular weight is 201 g/mol. The van der Waals surface area contributed by atoms with E-state index in [1.807, 2.05) is 0 Å². The van der Waals surface area contributed by atoms with Crippen molar-refractivity contribution in [3.05, 3.63) is 0 Å². The normalized spacial score (nSPS) is 12.0. The quantitative estimate of drug-likeness (QED) is 0.494. The molecule has 0 aliphatic carbocycles. The maximum Gasteiger partial charge on any atom is 0.191 e. The molecule has 84 valence electrons. The smallest absolute Gasteiger partial charge is 0.191 e. The Morgan fingerprint density at radius 2 is 1.86 bits per heavy atom. The number of guanidine groups is 1. The summed E-state index contributed by atoms with van der Waals surface area (Å²) in [5, 5.41) is 6.36. The minimum atomic E-state index is 0.465. The molecule has 0 rings (SSSR count). The van der Waals surface area contributed by atoms with Gasteiger partial charge in [0.15, 0.2) is 5.96 Å². The van der Waals surface area contributed by atoms with Crippen LogP contribution in [0.2, 0.25) is 0 Å². The molecule has 4 nitrogen and oxygen atoms in total. The van der Waals surface area contributed by atoms with Crippen molar-refractivity contribution in [3.63, 3.8) is 0 Å². The van der Waals surface area contributed by atoms with Gasteiger partial charge in [0.1, 0.15) is 0 Å². The Kier molecular flexibility index (Phi) is 8.33. The molecule has 0 bridgehead atoms. The fourth-order valence-electron chi connectivity index (χ4n) is 1.09. The molecule has 2 N–H and O–H groups in total. The van der Waals surface area contributed by atoms with Gasteiger partial charge < -0.3 is 15.4 Å². The van der Waals surface area contributed by atoms with Crippen LogP contribution in [0.3, 0.4) is 0 Å². The molecule has 0 radical (unpaired) electrons. The molecule has 0 spiro atoms. The van der Waals surface area contributed by atoms with Crippen molar-refractivity contribution in [1.82, 2.24) is 10.6 Å². The van der Waals surface area contributed by atoms with Crippen LogP contribution in [0.4, 0.5) is 0 Å². The number of nitrogens with zero attached hydrogens (tertiary/aromatic N) is 1. The summed E-state index contributed by atoms with van der Waals surface area (Å²) < 4.78 is 5.05. The van der Waals surface area contributed by atoms with E-state index in [0.717, 1.165) is 32.2 Å². The highest BCUT2D eigenvalue weighted by Gasteiger charge is 2.00. The van der Waals surface area contributed by atoms with Crippen molar-refractivity contribution in [2.24, 2.45) is 10.9 Å². The van der Waals surface area contributed by atoms with Gasteiger partial charge in [0.2, 0.25) is 0 Å². The number of rotatable bonds is 6. The molecule has 0 heterocycles. The van der Waals surface area contributed by atoms with Gasteiger partial charge in [-0.15, -0.1) is 0 Å². The van der Waals surface area contributed by atoms with Crippen LogP contribution in [0.1, 0.15) is 20.8 Å². The second kappa shape index (κ2) is 8.81. The van der Waals surface area contributed by atoms with Gasteiger partial charge in [-0.3, -0.25) is 4.99 Å². The molecule has 0 aliphatic rings. The largest absolute Gasteiger partial charge is 0.384 e. The van der Waals surface area contributed by atoms with E-state index in [0.29, 0.717) is 5.92 Å². The third-order valence-corrected chi connectivity index (χ3v) is 1.70. The minimum Gasteiger partial charge on any atom is -0.384 e. The first-order chi connectivity index (χ1) is 6.74. The number of nitrogens with one attached hydrogen (secondary N) is 2. The molecule has 0 aromatic carbocycles. The Labute approximate surface area is 87.1 Å². The van der Waals surface area contributed by atoms with Gasteiger partial charge >= 0.3 is 0 Å². The van der Waals surface area contributed by atoms with Crippen molar-refractivity contribution in [2.75, 3.05) is 33.4 Å². The van der Waals surface area contributed by atoms with Gasteiger partial charge in [-0.25, -0.2) is 0 Å². The molecule has 0 unspecified atom stereocenters. The molecule has 0 saturated heterocycles. The fourth-order valence-corrected chi connectivity index (χ4v) is 1.09. The zero-order valence-corrected chi connectivity index (χ0v) is 9.76. The molecule has 0 amide bonds. The van der Waals surface area contributed by atoms with E-state index in [9.17, 15) is 0 Å². The predicted octanol–water partition coefficient (Wildman–Crippen LogP) is 0.844. The summed E-state index contributed by atoms with van der Waals surface area (Å²) in [5.41, 5.74) is 0. The molecule has 0 aromatic rings. The first-order valence-electron chi connectivity index (χ1n) is 5.25. The summed E-state index contributed by atoms with van der Waals surface area (Å²) in [6.45, 7) is 9.59. The minimum absolute atomic E-state index is 0.465. The average Bonchev–Trinajstić information content (AvgIpc) is 2.15. The topological polar surface area (TPSA) is 45.7 Å². The van der Waals surface area contributed by atoms with Gasteiger partial charge in [-0.1, -0.05) is 6.92 Å². The van der Waals surface area contributed by atoms with Crippen LogP contribution >= 0.6 is 0 Å². The van der Waals surface area contributed by atoms with Crippen molar-refractivity contribution < 1.29 is 4.74 Å². The Morgan fingerprint density at radius 1 is 1.29 bits per heavy atom. The van der Waals surface area contributed by atoms with E-state index in [1.54, 1.807) is 7.11 Å². The molecule has 14 heavy (non-hydrogen) atoms. The van der Waals surface area contributed by atoms with E-state index < -0.39 is 0 Å². The van der Waals surface area contributed by atoms with Gasteiger partial charge in [-0.2, -0.15) is 0 Å². The third-order valence-electron chi connectivity index (χ3n) is 1.70. The van der Waals surface area contributed by atoms with E-state index in [1.165, 1.54) is 0 Å². The van der Waals surface area contributed by atoms with Gasteiger partial charge in [0, 0.05) is 26.7 Å². The predicted molar refractivity (Wildman–Crippen MR) is 60.7 cm³/mol. The van der Waals surface area contributed by atoms with Gasteiger partial charge in [0.05, 0.1) is 6.61 Å². The summed E-state index contributed by atoms with van der Waals surface area (Å²) in [5.74, 6) is 1.35. The van der Waals surface area contributed by atoms with Crippen molar-refractivity contribution in [2.45, 2.75) is 20.8 Å². The van der Waals surface area contributed by atoms with Crippen LogP contribution in [0.25, 0.3) is 0 Å². The fraction of sp³-hybridized carbons (Fsp3) is 0.900. The molecular weight excluding hydrogens is 178 g/mol. The molecule has 0 fully saturated rings. The Bertz CT molecular complexity index is 151. The molecular formula is C10H23N3O. The summed E-state index contributed by atoms with van der Waals surface area (Å²) in [6, 6.07) is 0. The summed E-state index contributed by atoms with van der Waals surface area (Å²) in [7, 11) is 1.72. The molecule has 0 saturated carbocycles. The Hall–Kier alpha value is -0.770. The highest BCUT2D eigenvalue weighted by atomic mass is 16.5.